The van der Waals surface area contributed by atoms with Crippen molar-refractivity contribution in [3.8, 4) is 0 Å². The minimum atomic E-state index is -3.31. The number of anilines is 1. The van der Waals surface area contributed by atoms with Gasteiger partial charge in [0.1, 0.15) is 17.0 Å². The number of piperazine rings is 1. The number of nitrogens with zero attached hydrogens (tertiary/aromatic N) is 5. The van der Waals surface area contributed by atoms with Crippen LogP contribution in [0.4, 0.5) is 5.82 Å². The van der Waals surface area contributed by atoms with E-state index >= 15 is 0 Å². The van der Waals surface area contributed by atoms with Crippen molar-refractivity contribution in [1.29, 1.82) is 0 Å². The quantitative estimate of drug-likeness (QED) is 0.760. The molecule has 152 valence electrons. The highest BCUT2D eigenvalue weighted by atomic mass is 32.2. The van der Waals surface area contributed by atoms with Crippen LogP contribution in [0.25, 0.3) is 10.2 Å². The van der Waals surface area contributed by atoms with Crippen LogP contribution < -0.4 is 4.90 Å². The van der Waals surface area contributed by atoms with Crippen molar-refractivity contribution < 1.29 is 8.42 Å². The summed E-state index contributed by atoms with van der Waals surface area (Å²) in [6.07, 6.45) is 7.06. The number of thiophene rings is 1. The SMILES string of the molecule is C[C@H]1CCc2c(sc3ncnc(N4CCN(S(=O)(=O)N5CCCC5)CC4)c23)C1. The van der Waals surface area contributed by atoms with Gasteiger partial charge in [0.25, 0.3) is 10.2 Å². The molecule has 0 amide bonds. The largest absolute Gasteiger partial charge is 0.353 e. The number of aryl methyl sites for hydroxylation is 1. The molecule has 7 nitrogen and oxygen atoms in total. The lowest BCUT2D eigenvalue weighted by Gasteiger charge is -2.36. The zero-order chi connectivity index (χ0) is 19.3. The van der Waals surface area contributed by atoms with Gasteiger partial charge < -0.3 is 4.90 Å². The van der Waals surface area contributed by atoms with Crippen LogP contribution in [-0.2, 0) is 23.1 Å². The molecule has 0 radical (unpaired) electrons. The maximum absolute atomic E-state index is 12.8. The number of rotatable bonds is 3. The van der Waals surface area contributed by atoms with Crippen molar-refractivity contribution in [3.63, 3.8) is 0 Å². The van der Waals surface area contributed by atoms with Crippen LogP contribution in [0, 0.1) is 5.92 Å². The van der Waals surface area contributed by atoms with Crippen molar-refractivity contribution in [2.75, 3.05) is 44.2 Å². The first-order valence-corrected chi connectivity index (χ1v) is 12.5. The van der Waals surface area contributed by atoms with E-state index < -0.39 is 10.2 Å². The third kappa shape index (κ3) is 3.12. The van der Waals surface area contributed by atoms with E-state index in [-0.39, 0.29) is 0 Å². The highest BCUT2D eigenvalue weighted by molar-refractivity contribution is 7.86. The second-order valence-corrected chi connectivity index (χ2v) is 11.2. The molecular weight excluding hydrogens is 394 g/mol. The van der Waals surface area contributed by atoms with E-state index in [1.165, 1.54) is 22.2 Å². The lowest BCUT2D eigenvalue weighted by molar-refractivity contribution is 0.343. The molecule has 4 heterocycles. The molecule has 1 aliphatic carbocycles. The summed E-state index contributed by atoms with van der Waals surface area (Å²) in [4.78, 5) is 14.0. The molecule has 0 bridgehead atoms. The maximum atomic E-state index is 12.8. The molecule has 0 aromatic carbocycles. The van der Waals surface area contributed by atoms with Gasteiger partial charge in [0, 0.05) is 44.1 Å². The molecule has 0 unspecified atom stereocenters. The third-order valence-corrected chi connectivity index (χ3v) is 9.53. The van der Waals surface area contributed by atoms with Gasteiger partial charge in [0.15, 0.2) is 0 Å². The highest BCUT2D eigenvalue weighted by Crippen LogP contribution is 2.40. The Bertz CT molecular complexity index is 976. The Labute approximate surface area is 170 Å². The molecule has 2 aromatic heterocycles. The fourth-order valence-electron chi connectivity index (χ4n) is 4.71. The summed E-state index contributed by atoms with van der Waals surface area (Å²) >= 11 is 1.81. The van der Waals surface area contributed by atoms with E-state index in [9.17, 15) is 8.42 Å². The first kappa shape index (κ1) is 18.7. The Kier molecular flexibility index (Phi) is 4.81. The van der Waals surface area contributed by atoms with E-state index in [0.717, 1.165) is 42.2 Å². The normalized spacial score (nSPS) is 24.8. The number of fused-ring (bicyclic) bond motifs is 3. The molecule has 2 fully saturated rings. The zero-order valence-electron chi connectivity index (χ0n) is 16.3. The van der Waals surface area contributed by atoms with Crippen LogP contribution in [0.15, 0.2) is 6.33 Å². The number of hydrogen-bond acceptors (Lipinski definition) is 6. The molecule has 5 rings (SSSR count). The molecule has 2 saturated heterocycles. The summed E-state index contributed by atoms with van der Waals surface area (Å²) in [5.74, 6) is 1.73. The van der Waals surface area contributed by atoms with Crippen molar-refractivity contribution in [2.24, 2.45) is 5.92 Å². The predicted molar refractivity (Wildman–Crippen MR) is 112 cm³/mol. The Morgan fingerprint density at radius 2 is 1.75 bits per heavy atom. The van der Waals surface area contributed by atoms with Crippen molar-refractivity contribution in [3.05, 3.63) is 16.8 Å². The van der Waals surface area contributed by atoms with Crippen LogP contribution in [0.5, 0.6) is 0 Å². The summed E-state index contributed by atoms with van der Waals surface area (Å²) in [5, 5.41) is 1.21. The van der Waals surface area contributed by atoms with Crippen molar-refractivity contribution >= 4 is 37.6 Å². The Balaban J connectivity index is 1.39. The molecule has 9 heteroatoms. The molecule has 1 atom stereocenters. The van der Waals surface area contributed by atoms with E-state index in [2.05, 4.69) is 21.8 Å². The molecule has 0 spiro atoms. The molecule has 0 saturated carbocycles. The average molecular weight is 422 g/mol. The topological polar surface area (TPSA) is 69.6 Å². The molecule has 28 heavy (non-hydrogen) atoms. The second-order valence-electron chi connectivity index (χ2n) is 8.23. The van der Waals surface area contributed by atoms with Crippen LogP contribution in [0.2, 0.25) is 0 Å². The monoisotopic (exact) mass is 421 g/mol. The van der Waals surface area contributed by atoms with E-state index in [0.29, 0.717) is 39.3 Å². The smallest absolute Gasteiger partial charge is 0.282 e. The van der Waals surface area contributed by atoms with Crippen LogP contribution in [0.3, 0.4) is 0 Å². The Morgan fingerprint density at radius 1 is 1.04 bits per heavy atom. The molecule has 2 aliphatic heterocycles. The average Bonchev–Trinajstić information content (AvgIpc) is 3.35. The Hall–Kier alpha value is -1.29. The predicted octanol–water partition coefficient (Wildman–Crippen LogP) is 2.28. The fraction of sp³-hybridized carbons (Fsp3) is 0.684. The standard InChI is InChI=1S/C19H27N5O2S2/c1-14-4-5-15-16(12-14)27-19-17(15)18(20-13-21-19)22-8-10-24(11-9-22)28(25,26)23-6-2-3-7-23/h13-14H,2-12H2,1H3/t14-/m0/s1. The van der Waals surface area contributed by atoms with E-state index in [1.54, 1.807) is 14.9 Å². The van der Waals surface area contributed by atoms with Gasteiger partial charge in [0.2, 0.25) is 0 Å². The minimum absolute atomic E-state index is 0.522. The highest BCUT2D eigenvalue weighted by Gasteiger charge is 2.34. The van der Waals surface area contributed by atoms with Crippen LogP contribution in [0.1, 0.15) is 36.6 Å². The number of aromatic nitrogens is 2. The molecule has 0 N–H and O–H groups in total. The van der Waals surface area contributed by atoms with E-state index in [1.807, 2.05) is 11.3 Å². The van der Waals surface area contributed by atoms with Gasteiger partial charge in [-0.2, -0.15) is 17.0 Å². The summed E-state index contributed by atoms with van der Waals surface area (Å²) in [6, 6.07) is 0. The van der Waals surface area contributed by atoms with Crippen molar-refractivity contribution in [1.82, 2.24) is 18.6 Å². The van der Waals surface area contributed by atoms with Crippen molar-refractivity contribution in [2.45, 2.75) is 39.0 Å². The summed E-state index contributed by atoms with van der Waals surface area (Å²) in [7, 11) is -3.31. The fourth-order valence-corrected chi connectivity index (χ4v) is 7.73. The number of hydrogen-bond donors (Lipinski definition) is 0. The van der Waals surface area contributed by atoms with Gasteiger partial charge in [-0.15, -0.1) is 11.3 Å². The maximum Gasteiger partial charge on any atom is 0.282 e. The summed E-state index contributed by atoms with van der Waals surface area (Å²) in [5.41, 5.74) is 1.43. The van der Waals surface area contributed by atoms with Gasteiger partial charge >= 0.3 is 0 Å². The third-order valence-electron chi connectivity index (χ3n) is 6.33. The van der Waals surface area contributed by atoms with Gasteiger partial charge in [0.05, 0.1) is 5.39 Å². The first-order valence-electron chi connectivity index (χ1n) is 10.3. The van der Waals surface area contributed by atoms with E-state index in [4.69, 9.17) is 0 Å². The molecule has 3 aliphatic rings. The second kappa shape index (κ2) is 7.19. The molecular formula is C19H27N5O2S2. The Morgan fingerprint density at radius 3 is 2.50 bits per heavy atom. The van der Waals surface area contributed by atoms with Gasteiger partial charge in [-0.05, 0) is 43.6 Å². The molecule has 2 aromatic rings. The minimum Gasteiger partial charge on any atom is -0.353 e. The van der Waals surface area contributed by atoms with Crippen LogP contribution >= 0.6 is 11.3 Å². The van der Waals surface area contributed by atoms with Gasteiger partial charge in [-0.1, -0.05) is 6.92 Å². The van der Waals surface area contributed by atoms with Gasteiger partial charge in [-0.25, -0.2) is 9.97 Å². The van der Waals surface area contributed by atoms with Crippen LogP contribution in [-0.4, -0.2) is 66.3 Å². The van der Waals surface area contributed by atoms with Gasteiger partial charge in [-0.3, -0.25) is 0 Å². The zero-order valence-corrected chi connectivity index (χ0v) is 17.9. The lowest BCUT2D eigenvalue weighted by Crippen LogP contribution is -2.52. The first-order chi connectivity index (χ1) is 13.5. The summed E-state index contributed by atoms with van der Waals surface area (Å²) in [6.45, 7) is 6.05. The lowest BCUT2D eigenvalue weighted by atomic mass is 9.89. The summed E-state index contributed by atoms with van der Waals surface area (Å²) < 4.78 is 29.0.